The van der Waals surface area contributed by atoms with Crippen molar-refractivity contribution in [3.63, 3.8) is 0 Å². The number of carbonyl (C=O) groups is 1. The number of carbonyl (C=O) groups excluding carboxylic acids is 1. The fourth-order valence-corrected chi connectivity index (χ4v) is 3.45. The van der Waals surface area contributed by atoms with E-state index in [1.165, 1.54) is 12.0 Å². The summed E-state index contributed by atoms with van der Waals surface area (Å²) in [7, 11) is 0. The quantitative estimate of drug-likeness (QED) is 0.351. The normalized spacial score (nSPS) is 14.3. The van der Waals surface area contributed by atoms with Crippen LogP contribution in [-0.4, -0.2) is 38.4 Å². The highest BCUT2D eigenvalue weighted by atomic mass is 79.9. The summed E-state index contributed by atoms with van der Waals surface area (Å²) in [6.45, 7) is 4.01. The van der Waals surface area contributed by atoms with E-state index in [0.717, 1.165) is 36.3 Å². The van der Waals surface area contributed by atoms with Crippen molar-refractivity contribution in [3.8, 4) is 5.75 Å². The molecule has 1 N–H and O–H groups in total. The highest BCUT2D eigenvalue weighted by molar-refractivity contribution is 9.10. The number of nitrogens with one attached hydrogen (secondary N) is 1. The summed E-state index contributed by atoms with van der Waals surface area (Å²) in [5.41, 5.74) is 2.71. The molecule has 3 aromatic rings. The Hall–Kier alpha value is -2.90. The van der Waals surface area contributed by atoms with Gasteiger partial charge in [0.05, 0.1) is 12.0 Å². The molecule has 1 aromatic heterocycles. The van der Waals surface area contributed by atoms with Gasteiger partial charge >= 0.3 is 5.97 Å². The van der Waals surface area contributed by atoms with Gasteiger partial charge in [0, 0.05) is 48.1 Å². The average molecular weight is 454 g/mol. The second-order valence-electron chi connectivity index (χ2n) is 6.56. The summed E-state index contributed by atoms with van der Waals surface area (Å²) >= 11 is 3.45. The molecule has 0 bridgehead atoms. The van der Waals surface area contributed by atoms with Crippen molar-refractivity contribution < 1.29 is 13.9 Å². The van der Waals surface area contributed by atoms with Gasteiger partial charge in [0.15, 0.2) is 0 Å². The topological polar surface area (TPSA) is 67.1 Å². The van der Waals surface area contributed by atoms with Crippen LogP contribution in [0.4, 0.5) is 11.4 Å². The number of benzene rings is 2. The zero-order valence-corrected chi connectivity index (χ0v) is 17.3. The Morgan fingerprint density at radius 3 is 2.66 bits per heavy atom. The molecule has 1 fully saturated rings. The predicted molar refractivity (Wildman–Crippen MR) is 117 cm³/mol. The lowest BCUT2D eigenvalue weighted by Gasteiger charge is -2.29. The van der Waals surface area contributed by atoms with E-state index in [2.05, 4.69) is 43.3 Å². The standard InChI is InChI=1S/C22H20BrN3O3/c23-17-3-8-20(29-22(27)21-2-1-13-28-21)16(14-17)15-25-18-4-6-19(7-5-18)26-11-9-24-10-12-26/h1-8,13-15,24H,9-12H2. The van der Waals surface area contributed by atoms with Crippen molar-refractivity contribution in [2.75, 3.05) is 31.1 Å². The van der Waals surface area contributed by atoms with Gasteiger partial charge in [-0.15, -0.1) is 0 Å². The van der Waals surface area contributed by atoms with Crippen LogP contribution in [0.15, 0.2) is 74.7 Å². The van der Waals surface area contributed by atoms with E-state index >= 15 is 0 Å². The number of ether oxygens (including phenoxy) is 1. The molecule has 29 heavy (non-hydrogen) atoms. The lowest BCUT2D eigenvalue weighted by Crippen LogP contribution is -2.43. The van der Waals surface area contributed by atoms with Crippen molar-refractivity contribution in [2.24, 2.45) is 4.99 Å². The maximum absolute atomic E-state index is 12.2. The first-order valence-electron chi connectivity index (χ1n) is 9.34. The first kappa shape index (κ1) is 19.4. The van der Waals surface area contributed by atoms with Crippen LogP contribution in [0.2, 0.25) is 0 Å². The van der Waals surface area contributed by atoms with Crippen LogP contribution in [0.5, 0.6) is 5.75 Å². The maximum Gasteiger partial charge on any atom is 0.379 e. The van der Waals surface area contributed by atoms with Crippen molar-refractivity contribution in [3.05, 3.63) is 76.7 Å². The van der Waals surface area contributed by atoms with Gasteiger partial charge in [0.2, 0.25) is 5.76 Å². The number of hydrogen-bond acceptors (Lipinski definition) is 6. The summed E-state index contributed by atoms with van der Waals surface area (Å²) in [4.78, 5) is 19.1. The fraction of sp³-hybridized carbons (Fsp3) is 0.182. The minimum atomic E-state index is -0.549. The summed E-state index contributed by atoms with van der Waals surface area (Å²) in [6, 6.07) is 16.7. The van der Waals surface area contributed by atoms with Crippen LogP contribution < -0.4 is 15.0 Å². The minimum absolute atomic E-state index is 0.152. The highest BCUT2D eigenvalue weighted by Gasteiger charge is 2.14. The van der Waals surface area contributed by atoms with Crippen molar-refractivity contribution >= 4 is 39.5 Å². The molecular formula is C22H20BrN3O3. The maximum atomic E-state index is 12.2. The molecular weight excluding hydrogens is 434 g/mol. The molecule has 148 valence electrons. The van der Waals surface area contributed by atoms with Crippen LogP contribution in [0.25, 0.3) is 0 Å². The Balaban J connectivity index is 1.50. The number of halogens is 1. The molecule has 0 aliphatic carbocycles. The number of hydrogen-bond donors (Lipinski definition) is 1. The molecule has 0 amide bonds. The fourth-order valence-electron chi connectivity index (χ4n) is 3.07. The van der Waals surface area contributed by atoms with Crippen LogP contribution in [0, 0.1) is 0 Å². The Kier molecular flexibility index (Phi) is 6.07. The van der Waals surface area contributed by atoms with Gasteiger partial charge < -0.3 is 19.4 Å². The zero-order chi connectivity index (χ0) is 20.1. The monoisotopic (exact) mass is 453 g/mol. The third-order valence-corrected chi connectivity index (χ3v) is 5.07. The Bertz CT molecular complexity index is 995. The van der Waals surface area contributed by atoms with Crippen LogP contribution in [-0.2, 0) is 0 Å². The third kappa shape index (κ3) is 4.93. The SMILES string of the molecule is O=C(Oc1ccc(Br)cc1C=Nc1ccc(N2CCNCC2)cc1)c1ccco1. The smallest absolute Gasteiger partial charge is 0.379 e. The van der Waals surface area contributed by atoms with E-state index in [1.54, 1.807) is 24.4 Å². The summed E-state index contributed by atoms with van der Waals surface area (Å²) in [5.74, 6) is 0.0162. The second kappa shape index (κ2) is 9.07. The van der Waals surface area contributed by atoms with E-state index in [1.807, 2.05) is 24.3 Å². The van der Waals surface area contributed by atoms with Gasteiger partial charge in [0.1, 0.15) is 5.75 Å². The summed E-state index contributed by atoms with van der Waals surface area (Å²) < 4.78 is 11.4. The number of esters is 1. The zero-order valence-electron chi connectivity index (χ0n) is 15.7. The van der Waals surface area contributed by atoms with Gasteiger partial charge in [-0.1, -0.05) is 15.9 Å². The van der Waals surface area contributed by atoms with Gasteiger partial charge in [0.25, 0.3) is 0 Å². The molecule has 1 aliphatic rings. The summed E-state index contributed by atoms with van der Waals surface area (Å²) in [5, 5.41) is 3.36. The molecule has 0 spiro atoms. The summed E-state index contributed by atoms with van der Waals surface area (Å²) in [6.07, 6.45) is 3.12. The Morgan fingerprint density at radius 1 is 1.14 bits per heavy atom. The highest BCUT2D eigenvalue weighted by Crippen LogP contribution is 2.25. The predicted octanol–water partition coefficient (Wildman–Crippen LogP) is 4.42. The van der Waals surface area contributed by atoms with Gasteiger partial charge in [-0.2, -0.15) is 0 Å². The number of furan rings is 1. The van der Waals surface area contributed by atoms with E-state index < -0.39 is 5.97 Å². The molecule has 0 atom stereocenters. The minimum Gasteiger partial charge on any atom is -0.457 e. The number of aliphatic imine (C=N–C) groups is 1. The van der Waals surface area contributed by atoms with Gasteiger partial charge in [-0.05, 0) is 54.6 Å². The molecule has 1 saturated heterocycles. The largest absolute Gasteiger partial charge is 0.457 e. The number of anilines is 1. The van der Waals surface area contributed by atoms with Crippen molar-refractivity contribution in [1.29, 1.82) is 0 Å². The Morgan fingerprint density at radius 2 is 1.93 bits per heavy atom. The molecule has 2 heterocycles. The molecule has 7 heteroatoms. The molecule has 4 rings (SSSR count). The van der Waals surface area contributed by atoms with Gasteiger partial charge in [-0.25, -0.2) is 4.79 Å². The van der Waals surface area contributed by atoms with Crippen LogP contribution >= 0.6 is 15.9 Å². The van der Waals surface area contributed by atoms with Crippen LogP contribution in [0.3, 0.4) is 0 Å². The number of piperazine rings is 1. The number of nitrogens with zero attached hydrogens (tertiary/aromatic N) is 2. The Labute approximate surface area is 177 Å². The van der Waals surface area contributed by atoms with Crippen molar-refractivity contribution in [1.82, 2.24) is 5.32 Å². The van der Waals surface area contributed by atoms with E-state index in [0.29, 0.717) is 11.3 Å². The molecule has 0 radical (unpaired) electrons. The third-order valence-electron chi connectivity index (χ3n) is 4.58. The molecule has 2 aromatic carbocycles. The molecule has 0 saturated carbocycles. The molecule has 1 aliphatic heterocycles. The van der Waals surface area contributed by atoms with E-state index in [-0.39, 0.29) is 5.76 Å². The number of rotatable bonds is 5. The van der Waals surface area contributed by atoms with Gasteiger partial charge in [-0.3, -0.25) is 4.99 Å². The van der Waals surface area contributed by atoms with Crippen molar-refractivity contribution in [2.45, 2.75) is 0 Å². The first-order chi connectivity index (χ1) is 14.2. The molecule has 6 nitrogen and oxygen atoms in total. The lowest BCUT2D eigenvalue weighted by atomic mass is 10.2. The second-order valence-corrected chi connectivity index (χ2v) is 7.48. The van der Waals surface area contributed by atoms with E-state index in [4.69, 9.17) is 9.15 Å². The lowest BCUT2D eigenvalue weighted by molar-refractivity contribution is 0.0701. The van der Waals surface area contributed by atoms with Crippen LogP contribution in [0.1, 0.15) is 16.1 Å². The molecule has 0 unspecified atom stereocenters. The average Bonchev–Trinajstić information content (AvgIpc) is 3.30. The van der Waals surface area contributed by atoms with E-state index in [9.17, 15) is 4.79 Å². The first-order valence-corrected chi connectivity index (χ1v) is 10.1.